The van der Waals surface area contributed by atoms with Crippen molar-refractivity contribution in [2.75, 3.05) is 11.8 Å². The van der Waals surface area contributed by atoms with Gasteiger partial charge in [0.15, 0.2) is 5.13 Å². The van der Waals surface area contributed by atoms with Crippen molar-refractivity contribution in [3.8, 4) is 0 Å². The molecule has 1 N–H and O–H groups in total. The van der Waals surface area contributed by atoms with Crippen LogP contribution < -0.4 is 4.72 Å². The fraction of sp³-hybridized carbons (Fsp3) is 0.111. The molecule has 10 heteroatoms. The molecule has 1 amide bonds. The number of anilines is 1. The fourth-order valence-electron chi connectivity index (χ4n) is 2.41. The maximum atomic E-state index is 13.0. The van der Waals surface area contributed by atoms with E-state index >= 15 is 0 Å². The molecule has 0 atom stereocenters. The number of carbonyl (C=O) groups excluding carboxylic acids is 1. The van der Waals surface area contributed by atoms with Crippen LogP contribution in [0.4, 0.5) is 9.52 Å². The molecule has 0 aliphatic heterocycles. The van der Waals surface area contributed by atoms with Gasteiger partial charge in [-0.15, -0.1) is 0 Å². The molecule has 3 aromatic rings. The molecule has 0 saturated heterocycles. The van der Waals surface area contributed by atoms with Crippen molar-refractivity contribution >= 4 is 44.0 Å². The van der Waals surface area contributed by atoms with E-state index in [1.54, 1.807) is 19.2 Å². The number of benzene rings is 2. The molecule has 1 aromatic heterocycles. The molecule has 28 heavy (non-hydrogen) atoms. The lowest BCUT2D eigenvalue weighted by atomic mass is 10.1. The van der Waals surface area contributed by atoms with Crippen LogP contribution in [0.15, 0.2) is 59.6 Å². The van der Waals surface area contributed by atoms with Crippen molar-refractivity contribution in [3.05, 3.63) is 76.0 Å². The van der Waals surface area contributed by atoms with Crippen LogP contribution in [0.3, 0.4) is 0 Å². The summed E-state index contributed by atoms with van der Waals surface area (Å²) in [5.41, 5.74) is 1.11. The van der Waals surface area contributed by atoms with E-state index in [1.807, 2.05) is 0 Å². The lowest BCUT2D eigenvalue weighted by Crippen LogP contribution is -2.26. The third kappa shape index (κ3) is 4.86. The largest absolute Gasteiger partial charge is 0.337 e. The smallest absolute Gasteiger partial charge is 0.263 e. The van der Waals surface area contributed by atoms with Crippen LogP contribution in [0, 0.1) is 5.82 Å². The second kappa shape index (κ2) is 8.26. The Labute approximate surface area is 170 Å². The molecule has 0 aliphatic rings. The zero-order valence-corrected chi connectivity index (χ0v) is 17.0. The minimum Gasteiger partial charge on any atom is -0.337 e. The molecule has 6 nitrogen and oxygen atoms in total. The molecule has 0 bridgehead atoms. The summed E-state index contributed by atoms with van der Waals surface area (Å²) >= 11 is 6.75. The number of hydrogen-bond donors (Lipinski definition) is 1. The number of nitrogens with one attached hydrogen (secondary N) is 1. The van der Waals surface area contributed by atoms with E-state index in [-0.39, 0.29) is 21.8 Å². The van der Waals surface area contributed by atoms with Crippen LogP contribution in [0.1, 0.15) is 15.9 Å². The quantitative estimate of drug-likeness (QED) is 0.629. The summed E-state index contributed by atoms with van der Waals surface area (Å²) in [7, 11) is -2.22. The molecular formula is C18H15ClFN3O3S2. The minimum absolute atomic E-state index is 0.00319. The number of thiazole rings is 1. The van der Waals surface area contributed by atoms with Gasteiger partial charge in [0.2, 0.25) is 0 Å². The highest BCUT2D eigenvalue weighted by Crippen LogP contribution is 2.25. The predicted octanol–water partition coefficient (Wildman–Crippen LogP) is 4.01. The van der Waals surface area contributed by atoms with E-state index in [2.05, 4.69) is 9.71 Å². The van der Waals surface area contributed by atoms with Gasteiger partial charge < -0.3 is 4.90 Å². The van der Waals surface area contributed by atoms with Gasteiger partial charge in [0.1, 0.15) is 10.2 Å². The summed E-state index contributed by atoms with van der Waals surface area (Å²) in [5.74, 6) is -0.629. The van der Waals surface area contributed by atoms with E-state index in [9.17, 15) is 17.6 Å². The summed E-state index contributed by atoms with van der Waals surface area (Å²) in [4.78, 5) is 17.8. The second-order valence-corrected chi connectivity index (χ2v) is 9.23. The van der Waals surface area contributed by atoms with Crippen LogP contribution in [0.5, 0.6) is 0 Å². The number of rotatable bonds is 6. The average molecular weight is 440 g/mol. The second-order valence-electron chi connectivity index (χ2n) is 5.89. The van der Waals surface area contributed by atoms with Crippen LogP contribution >= 0.6 is 22.9 Å². The van der Waals surface area contributed by atoms with Gasteiger partial charge >= 0.3 is 0 Å². The zero-order chi connectivity index (χ0) is 20.3. The van der Waals surface area contributed by atoms with Gasteiger partial charge in [-0.25, -0.2) is 17.8 Å². The van der Waals surface area contributed by atoms with E-state index in [1.165, 1.54) is 47.5 Å². The Morgan fingerprint density at radius 3 is 2.39 bits per heavy atom. The van der Waals surface area contributed by atoms with Crippen molar-refractivity contribution in [3.63, 3.8) is 0 Å². The summed E-state index contributed by atoms with van der Waals surface area (Å²) in [6.07, 6.45) is 1.35. The third-order valence-corrected chi connectivity index (χ3v) is 6.30. The number of sulfonamides is 1. The van der Waals surface area contributed by atoms with E-state index in [4.69, 9.17) is 11.6 Å². The first kappa shape index (κ1) is 20.2. The maximum absolute atomic E-state index is 13.0. The van der Waals surface area contributed by atoms with Gasteiger partial charge in [-0.1, -0.05) is 35.1 Å². The highest BCUT2D eigenvalue weighted by Gasteiger charge is 2.18. The predicted molar refractivity (Wildman–Crippen MR) is 107 cm³/mol. The topological polar surface area (TPSA) is 79.4 Å². The van der Waals surface area contributed by atoms with Gasteiger partial charge in [0.25, 0.3) is 15.9 Å². The first-order valence-electron chi connectivity index (χ1n) is 7.99. The van der Waals surface area contributed by atoms with Crippen molar-refractivity contribution < 1.29 is 17.6 Å². The van der Waals surface area contributed by atoms with Crippen LogP contribution in [0.2, 0.25) is 4.34 Å². The molecular weight excluding hydrogens is 425 g/mol. The summed E-state index contributed by atoms with van der Waals surface area (Å²) in [5, 5.41) is 0.157. The van der Waals surface area contributed by atoms with Crippen molar-refractivity contribution in [2.24, 2.45) is 0 Å². The number of hydrogen-bond acceptors (Lipinski definition) is 5. The van der Waals surface area contributed by atoms with Gasteiger partial charge in [0, 0.05) is 19.2 Å². The Balaban J connectivity index is 1.70. The Hall–Kier alpha value is -2.49. The molecule has 146 valence electrons. The summed E-state index contributed by atoms with van der Waals surface area (Å²) in [6.45, 7) is 0.297. The van der Waals surface area contributed by atoms with Gasteiger partial charge in [-0.3, -0.25) is 9.52 Å². The molecule has 0 spiro atoms. The Morgan fingerprint density at radius 2 is 1.82 bits per heavy atom. The first-order valence-corrected chi connectivity index (χ1v) is 10.7. The van der Waals surface area contributed by atoms with Crippen LogP contribution in [0.25, 0.3) is 0 Å². The Bertz CT molecular complexity index is 1080. The SMILES string of the molecule is CN(Cc1ccc(F)cc1)C(=O)c1ccc(S(=O)(=O)Nc2ncc(Cl)s2)cc1. The molecule has 2 aromatic carbocycles. The summed E-state index contributed by atoms with van der Waals surface area (Å²) < 4.78 is 40.4. The van der Waals surface area contributed by atoms with Gasteiger partial charge in [0.05, 0.1) is 11.1 Å². The van der Waals surface area contributed by atoms with Crippen LogP contribution in [-0.4, -0.2) is 31.3 Å². The highest BCUT2D eigenvalue weighted by molar-refractivity contribution is 7.93. The van der Waals surface area contributed by atoms with Crippen molar-refractivity contribution in [1.82, 2.24) is 9.88 Å². The lowest BCUT2D eigenvalue weighted by molar-refractivity contribution is 0.0785. The molecule has 0 fully saturated rings. The number of amides is 1. The standard InChI is InChI=1S/C18H15ClFN3O3S2/c1-23(11-12-2-6-14(20)7-3-12)17(24)13-4-8-15(9-5-13)28(25,26)22-18-21-10-16(19)27-18/h2-10H,11H2,1H3,(H,21,22). The molecule has 0 saturated carbocycles. The molecule has 0 aliphatic carbocycles. The van der Waals surface area contributed by atoms with Gasteiger partial charge in [-0.2, -0.15) is 0 Å². The molecule has 0 unspecified atom stereocenters. The van der Waals surface area contributed by atoms with Crippen molar-refractivity contribution in [1.29, 1.82) is 0 Å². The average Bonchev–Trinajstić information content (AvgIpc) is 3.07. The van der Waals surface area contributed by atoms with Crippen molar-refractivity contribution in [2.45, 2.75) is 11.4 Å². The Morgan fingerprint density at radius 1 is 1.18 bits per heavy atom. The maximum Gasteiger partial charge on any atom is 0.263 e. The lowest BCUT2D eigenvalue weighted by Gasteiger charge is -2.17. The molecule has 1 heterocycles. The first-order chi connectivity index (χ1) is 13.2. The normalized spacial score (nSPS) is 11.2. The van der Waals surface area contributed by atoms with E-state index in [0.717, 1.165) is 16.9 Å². The monoisotopic (exact) mass is 439 g/mol. The number of aromatic nitrogens is 1. The van der Waals surface area contributed by atoms with E-state index < -0.39 is 10.0 Å². The number of nitrogens with zero attached hydrogens (tertiary/aromatic N) is 2. The molecule has 0 radical (unpaired) electrons. The highest BCUT2D eigenvalue weighted by atomic mass is 35.5. The van der Waals surface area contributed by atoms with Crippen LogP contribution in [-0.2, 0) is 16.6 Å². The zero-order valence-electron chi connectivity index (χ0n) is 14.6. The number of halogens is 2. The number of carbonyl (C=O) groups is 1. The van der Waals surface area contributed by atoms with E-state index in [0.29, 0.717) is 16.4 Å². The third-order valence-electron chi connectivity index (χ3n) is 3.79. The van der Waals surface area contributed by atoms with Gasteiger partial charge in [-0.05, 0) is 42.0 Å². The molecule has 3 rings (SSSR count). The minimum atomic E-state index is -3.84. The Kier molecular flexibility index (Phi) is 5.97. The fourth-order valence-corrected chi connectivity index (χ4v) is 4.46. The summed E-state index contributed by atoms with van der Waals surface area (Å²) in [6, 6.07) is 11.4.